The zero-order valence-corrected chi connectivity index (χ0v) is 11.1. The van der Waals surface area contributed by atoms with Crippen LogP contribution >= 0.6 is 0 Å². The lowest BCUT2D eigenvalue weighted by molar-refractivity contribution is 1.03. The molecule has 0 aliphatic rings. The van der Waals surface area contributed by atoms with Gasteiger partial charge in [0.1, 0.15) is 0 Å². The molecule has 0 bridgehead atoms. The van der Waals surface area contributed by atoms with Crippen LogP contribution in [0.4, 0.5) is 0 Å². The molecule has 0 unspecified atom stereocenters. The van der Waals surface area contributed by atoms with Crippen molar-refractivity contribution in [3.05, 3.63) is 80.3 Å². The Hall–Kier alpha value is -2.75. The predicted molar refractivity (Wildman–Crippen MR) is 79.8 cm³/mol. The average molecular weight is 265 g/mol. The van der Waals surface area contributed by atoms with E-state index in [9.17, 15) is 4.79 Å². The molecule has 0 saturated carbocycles. The van der Waals surface area contributed by atoms with Crippen molar-refractivity contribution in [2.24, 2.45) is 0 Å². The third-order valence-electron chi connectivity index (χ3n) is 3.16. The van der Waals surface area contributed by atoms with Gasteiger partial charge in [-0.3, -0.25) is 15.0 Å². The molecule has 3 aromatic rings. The number of rotatable bonds is 2. The molecule has 0 aliphatic heterocycles. The maximum Gasteiger partial charge on any atom is 0.271 e. The fraction of sp³-hybridized carbons (Fsp3) is 0.0625. The van der Waals surface area contributed by atoms with Crippen LogP contribution in [0.2, 0.25) is 0 Å². The van der Waals surface area contributed by atoms with Crippen LogP contribution < -0.4 is 16.1 Å². The first-order valence-electron chi connectivity index (χ1n) is 6.42. The smallest absolute Gasteiger partial charge is 0.271 e. The van der Waals surface area contributed by atoms with Gasteiger partial charge in [0.05, 0.1) is 10.6 Å². The van der Waals surface area contributed by atoms with E-state index in [2.05, 4.69) is 15.2 Å². The lowest BCUT2D eigenvalue weighted by Crippen LogP contribution is -2.33. The molecule has 20 heavy (non-hydrogen) atoms. The van der Waals surface area contributed by atoms with Crippen molar-refractivity contribution >= 4 is 12.2 Å². The Morgan fingerprint density at radius 3 is 2.50 bits per heavy atom. The van der Waals surface area contributed by atoms with Crippen LogP contribution in [0.25, 0.3) is 12.2 Å². The van der Waals surface area contributed by atoms with E-state index in [1.807, 2.05) is 61.7 Å². The van der Waals surface area contributed by atoms with Gasteiger partial charge in [0, 0.05) is 11.9 Å². The normalized spacial score (nSPS) is 13.1. The highest BCUT2D eigenvalue weighted by Crippen LogP contribution is 2.02. The summed E-state index contributed by atoms with van der Waals surface area (Å²) in [6, 6.07) is 12.0. The van der Waals surface area contributed by atoms with E-state index in [4.69, 9.17) is 0 Å². The molecule has 0 amide bonds. The molecule has 0 saturated heterocycles. The summed E-state index contributed by atoms with van der Waals surface area (Å²) >= 11 is 0. The molecule has 0 radical (unpaired) electrons. The highest BCUT2D eigenvalue weighted by atomic mass is 16.1. The highest BCUT2D eigenvalue weighted by Gasteiger charge is 1.96. The summed E-state index contributed by atoms with van der Waals surface area (Å²) in [6.07, 6.45) is 5.61. The molecule has 4 heteroatoms. The zero-order chi connectivity index (χ0) is 13.9. The van der Waals surface area contributed by atoms with Crippen molar-refractivity contribution in [1.29, 1.82) is 0 Å². The quantitative estimate of drug-likeness (QED) is 0.636. The van der Waals surface area contributed by atoms with E-state index >= 15 is 0 Å². The number of aromatic amines is 3. The Balaban J connectivity index is 2.16. The summed E-state index contributed by atoms with van der Waals surface area (Å²) in [7, 11) is 0. The summed E-state index contributed by atoms with van der Waals surface area (Å²) in [4.78, 5) is 14.9. The number of nitrogens with one attached hydrogen (secondary N) is 3. The SMILES string of the molecule is Cc1ccc(C=c2[nH][nH]c(=O)c2=Cc2ccc[nH]2)cc1. The van der Waals surface area contributed by atoms with Crippen LogP contribution in [0.3, 0.4) is 0 Å². The lowest BCUT2D eigenvalue weighted by Gasteiger charge is -1.93. The molecule has 4 nitrogen and oxygen atoms in total. The van der Waals surface area contributed by atoms with Gasteiger partial charge in [-0.2, -0.15) is 0 Å². The molecule has 3 N–H and O–H groups in total. The Kier molecular flexibility index (Phi) is 3.13. The van der Waals surface area contributed by atoms with E-state index in [1.54, 1.807) is 0 Å². The number of hydrogen-bond donors (Lipinski definition) is 3. The van der Waals surface area contributed by atoms with Crippen LogP contribution in [0, 0.1) is 6.92 Å². The standard InChI is InChI=1S/C16H15N3O/c1-11-4-6-12(7-5-11)9-15-14(16(20)19-18-15)10-13-3-2-8-17-13/h2-10,17-18H,1H3,(H,19,20). The first-order chi connectivity index (χ1) is 9.72. The number of H-pyrrole nitrogens is 3. The molecule has 2 heterocycles. The third-order valence-corrected chi connectivity index (χ3v) is 3.16. The maximum absolute atomic E-state index is 11.9. The average Bonchev–Trinajstić information content (AvgIpc) is 3.06. The fourth-order valence-corrected chi connectivity index (χ4v) is 2.06. The third kappa shape index (κ3) is 2.49. The van der Waals surface area contributed by atoms with Crippen molar-refractivity contribution in [2.45, 2.75) is 6.92 Å². The molecule has 1 aromatic carbocycles. The van der Waals surface area contributed by atoms with Gasteiger partial charge in [-0.25, -0.2) is 0 Å². The molecular formula is C16H15N3O. The van der Waals surface area contributed by atoms with E-state index in [0.717, 1.165) is 16.6 Å². The second-order valence-corrected chi connectivity index (χ2v) is 4.73. The molecule has 0 fully saturated rings. The second kappa shape index (κ2) is 5.09. The summed E-state index contributed by atoms with van der Waals surface area (Å²) in [6.45, 7) is 2.05. The zero-order valence-electron chi connectivity index (χ0n) is 11.1. The van der Waals surface area contributed by atoms with Crippen LogP contribution in [0.5, 0.6) is 0 Å². The number of aryl methyl sites for hydroxylation is 1. The minimum Gasteiger partial charge on any atom is -0.362 e. The summed E-state index contributed by atoms with van der Waals surface area (Å²) < 4.78 is 0. The molecule has 0 atom stereocenters. The molecule has 0 aliphatic carbocycles. The van der Waals surface area contributed by atoms with Crippen molar-refractivity contribution in [1.82, 2.24) is 15.2 Å². The maximum atomic E-state index is 11.9. The number of hydrogen-bond acceptors (Lipinski definition) is 1. The van der Waals surface area contributed by atoms with Crippen LogP contribution in [-0.2, 0) is 0 Å². The summed E-state index contributed by atoms with van der Waals surface area (Å²) in [5.74, 6) is 0. The Labute approximate surface area is 115 Å². The van der Waals surface area contributed by atoms with Gasteiger partial charge >= 0.3 is 0 Å². The Bertz CT molecular complexity index is 865. The summed E-state index contributed by atoms with van der Waals surface area (Å²) in [5, 5.41) is 6.93. The summed E-state index contributed by atoms with van der Waals surface area (Å²) in [5.41, 5.74) is 3.03. The second-order valence-electron chi connectivity index (χ2n) is 4.73. The molecule has 100 valence electrons. The minimum absolute atomic E-state index is 0.127. The van der Waals surface area contributed by atoms with Crippen LogP contribution in [-0.4, -0.2) is 15.2 Å². The highest BCUT2D eigenvalue weighted by molar-refractivity contribution is 5.51. The molecular weight excluding hydrogens is 250 g/mol. The van der Waals surface area contributed by atoms with Gasteiger partial charge in [0.2, 0.25) is 0 Å². The van der Waals surface area contributed by atoms with Crippen molar-refractivity contribution < 1.29 is 0 Å². The largest absolute Gasteiger partial charge is 0.362 e. The van der Waals surface area contributed by atoms with Gasteiger partial charge in [0.15, 0.2) is 0 Å². The number of aromatic nitrogens is 3. The molecule has 3 rings (SSSR count). The van der Waals surface area contributed by atoms with Crippen molar-refractivity contribution in [3.63, 3.8) is 0 Å². The predicted octanol–water partition coefficient (Wildman–Crippen LogP) is 0.997. The van der Waals surface area contributed by atoms with Gasteiger partial charge in [-0.05, 0) is 36.8 Å². The van der Waals surface area contributed by atoms with Gasteiger partial charge in [-0.15, -0.1) is 0 Å². The van der Waals surface area contributed by atoms with Crippen molar-refractivity contribution in [2.75, 3.05) is 0 Å². The van der Waals surface area contributed by atoms with Crippen LogP contribution in [0.1, 0.15) is 16.8 Å². The van der Waals surface area contributed by atoms with E-state index in [-0.39, 0.29) is 5.56 Å². The minimum atomic E-state index is -0.127. The monoisotopic (exact) mass is 265 g/mol. The van der Waals surface area contributed by atoms with Crippen LogP contribution in [0.15, 0.2) is 47.4 Å². The first-order valence-corrected chi connectivity index (χ1v) is 6.42. The Morgan fingerprint density at radius 1 is 1.00 bits per heavy atom. The topological polar surface area (TPSA) is 64.4 Å². The van der Waals surface area contributed by atoms with Gasteiger partial charge in [0.25, 0.3) is 5.56 Å². The van der Waals surface area contributed by atoms with Gasteiger partial charge < -0.3 is 4.98 Å². The van der Waals surface area contributed by atoms with Crippen molar-refractivity contribution in [3.8, 4) is 0 Å². The number of benzene rings is 1. The Morgan fingerprint density at radius 2 is 1.80 bits per heavy atom. The first kappa shape index (κ1) is 12.3. The van der Waals surface area contributed by atoms with Gasteiger partial charge in [-0.1, -0.05) is 29.8 Å². The molecule has 0 spiro atoms. The fourth-order valence-electron chi connectivity index (χ4n) is 2.06. The molecule has 2 aromatic heterocycles. The lowest BCUT2D eigenvalue weighted by atomic mass is 10.1. The van der Waals surface area contributed by atoms with E-state index in [1.165, 1.54) is 5.56 Å². The van der Waals surface area contributed by atoms with E-state index in [0.29, 0.717) is 5.22 Å². The van der Waals surface area contributed by atoms with E-state index < -0.39 is 0 Å².